The van der Waals surface area contributed by atoms with Gasteiger partial charge in [0.15, 0.2) is 0 Å². The molecule has 0 saturated carbocycles. The number of nitrogens with one attached hydrogen (secondary N) is 1. The number of likely N-dealkylation sites (N-methyl/N-ethyl adjacent to an activating group) is 1. The third kappa shape index (κ3) is 5.18. The van der Waals surface area contributed by atoms with E-state index in [0.717, 1.165) is 11.1 Å². The lowest BCUT2D eigenvalue weighted by atomic mass is 10.2. The molecule has 0 aliphatic rings. The van der Waals surface area contributed by atoms with E-state index in [2.05, 4.69) is 10.3 Å². The van der Waals surface area contributed by atoms with Crippen LogP contribution in [0.25, 0.3) is 0 Å². The van der Waals surface area contributed by atoms with Gasteiger partial charge in [0.05, 0.1) is 0 Å². The van der Waals surface area contributed by atoms with Crippen LogP contribution in [-0.2, 0) is 22.6 Å². The topological polar surface area (TPSA) is 62.3 Å². The highest BCUT2D eigenvalue weighted by Crippen LogP contribution is 2.02. The summed E-state index contributed by atoms with van der Waals surface area (Å²) in [6.07, 6.45) is 4.02. The maximum Gasteiger partial charge on any atom is 0.311 e. The summed E-state index contributed by atoms with van der Waals surface area (Å²) < 4.78 is 12.8. The van der Waals surface area contributed by atoms with Crippen molar-refractivity contribution in [2.75, 3.05) is 13.6 Å². The molecule has 1 aromatic carbocycles. The van der Waals surface area contributed by atoms with E-state index in [1.807, 2.05) is 12.1 Å². The monoisotopic (exact) mass is 315 g/mol. The van der Waals surface area contributed by atoms with Crippen molar-refractivity contribution in [1.82, 2.24) is 15.2 Å². The zero-order valence-electron chi connectivity index (χ0n) is 12.8. The normalized spacial score (nSPS) is 10.2. The van der Waals surface area contributed by atoms with Gasteiger partial charge in [-0.2, -0.15) is 0 Å². The van der Waals surface area contributed by atoms with Crippen LogP contribution in [0.1, 0.15) is 11.1 Å². The van der Waals surface area contributed by atoms with Gasteiger partial charge >= 0.3 is 11.8 Å². The van der Waals surface area contributed by atoms with Crippen LogP contribution in [0.3, 0.4) is 0 Å². The third-order valence-corrected chi connectivity index (χ3v) is 3.39. The van der Waals surface area contributed by atoms with Gasteiger partial charge in [-0.1, -0.05) is 12.1 Å². The van der Waals surface area contributed by atoms with Crippen molar-refractivity contribution < 1.29 is 14.0 Å². The molecule has 23 heavy (non-hydrogen) atoms. The number of carbonyl (C=O) groups is 2. The van der Waals surface area contributed by atoms with Crippen molar-refractivity contribution in [3.63, 3.8) is 0 Å². The Morgan fingerprint density at radius 3 is 2.39 bits per heavy atom. The third-order valence-electron chi connectivity index (χ3n) is 3.39. The summed E-state index contributed by atoms with van der Waals surface area (Å²) in [4.78, 5) is 29.1. The van der Waals surface area contributed by atoms with Gasteiger partial charge in [-0.3, -0.25) is 14.6 Å². The van der Waals surface area contributed by atoms with Gasteiger partial charge in [-0.15, -0.1) is 0 Å². The molecule has 120 valence electrons. The van der Waals surface area contributed by atoms with Crippen molar-refractivity contribution in [2.45, 2.75) is 13.0 Å². The van der Waals surface area contributed by atoms with Crippen LogP contribution in [0.2, 0.25) is 0 Å². The summed E-state index contributed by atoms with van der Waals surface area (Å²) in [6.45, 7) is 0.621. The minimum atomic E-state index is -0.674. The zero-order valence-corrected chi connectivity index (χ0v) is 12.8. The van der Waals surface area contributed by atoms with Crippen LogP contribution in [0.4, 0.5) is 4.39 Å². The van der Waals surface area contributed by atoms with Crippen molar-refractivity contribution in [3.8, 4) is 0 Å². The summed E-state index contributed by atoms with van der Waals surface area (Å²) in [5.74, 6) is -1.61. The number of rotatable bonds is 5. The minimum Gasteiger partial charge on any atom is -0.344 e. The van der Waals surface area contributed by atoms with E-state index in [4.69, 9.17) is 0 Å². The molecule has 5 nitrogen and oxygen atoms in total. The summed E-state index contributed by atoms with van der Waals surface area (Å²) in [7, 11) is 1.58. The smallest absolute Gasteiger partial charge is 0.311 e. The molecule has 0 unspecified atom stereocenters. The van der Waals surface area contributed by atoms with Gasteiger partial charge in [0.25, 0.3) is 0 Å². The van der Waals surface area contributed by atoms with Gasteiger partial charge in [-0.05, 0) is 41.8 Å². The SMILES string of the molecule is CN(CCc1ccncc1)C(=O)C(=O)NCc1ccc(F)cc1. The Kier molecular flexibility index (Phi) is 5.80. The van der Waals surface area contributed by atoms with Crippen LogP contribution in [0.5, 0.6) is 0 Å². The highest BCUT2D eigenvalue weighted by molar-refractivity contribution is 6.34. The number of amides is 2. The fourth-order valence-corrected chi connectivity index (χ4v) is 1.98. The maximum atomic E-state index is 12.8. The van der Waals surface area contributed by atoms with Crippen LogP contribution in [0.15, 0.2) is 48.8 Å². The highest BCUT2D eigenvalue weighted by Gasteiger charge is 2.17. The molecule has 0 spiro atoms. The Morgan fingerprint density at radius 1 is 1.09 bits per heavy atom. The molecule has 0 fully saturated rings. The Labute approximate surface area is 134 Å². The quantitative estimate of drug-likeness (QED) is 0.851. The molecular weight excluding hydrogens is 297 g/mol. The average Bonchev–Trinajstić information content (AvgIpc) is 2.59. The summed E-state index contributed by atoms with van der Waals surface area (Å²) in [5.41, 5.74) is 1.78. The van der Waals surface area contributed by atoms with Gasteiger partial charge < -0.3 is 10.2 Å². The lowest BCUT2D eigenvalue weighted by Crippen LogP contribution is -2.41. The fourth-order valence-electron chi connectivity index (χ4n) is 1.98. The summed E-state index contributed by atoms with van der Waals surface area (Å²) in [5, 5.41) is 2.53. The first-order chi connectivity index (χ1) is 11.1. The summed E-state index contributed by atoms with van der Waals surface area (Å²) in [6, 6.07) is 9.48. The second-order valence-electron chi connectivity index (χ2n) is 5.14. The Morgan fingerprint density at radius 2 is 1.74 bits per heavy atom. The van der Waals surface area contributed by atoms with Crippen molar-refractivity contribution >= 4 is 11.8 Å². The Balaban J connectivity index is 1.79. The average molecular weight is 315 g/mol. The molecule has 2 aromatic rings. The molecule has 1 N–H and O–H groups in total. The highest BCUT2D eigenvalue weighted by atomic mass is 19.1. The van der Waals surface area contributed by atoms with Gasteiger partial charge in [0.1, 0.15) is 5.82 Å². The van der Waals surface area contributed by atoms with E-state index >= 15 is 0 Å². The molecule has 1 heterocycles. The molecule has 1 aromatic heterocycles. The molecule has 0 radical (unpaired) electrons. The second kappa shape index (κ2) is 8.03. The van der Waals surface area contributed by atoms with Gasteiger partial charge in [0, 0.05) is 32.5 Å². The summed E-state index contributed by atoms with van der Waals surface area (Å²) >= 11 is 0. The predicted octanol–water partition coefficient (Wildman–Crippen LogP) is 1.54. The van der Waals surface area contributed by atoms with Crippen molar-refractivity contribution in [1.29, 1.82) is 0 Å². The molecule has 2 amide bonds. The lowest BCUT2D eigenvalue weighted by Gasteiger charge is -2.16. The zero-order chi connectivity index (χ0) is 16.7. The number of hydrogen-bond acceptors (Lipinski definition) is 3. The molecule has 0 atom stereocenters. The Bertz CT molecular complexity index is 659. The molecule has 0 saturated heterocycles. The maximum absolute atomic E-state index is 12.8. The fraction of sp³-hybridized carbons (Fsp3) is 0.235. The minimum absolute atomic E-state index is 0.184. The molecule has 2 rings (SSSR count). The number of pyridine rings is 1. The predicted molar refractivity (Wildman–Crippen MR) is 83.8 cm³/mol. The number of aromatic nitrogens is 1. The number of nitrogens with zero attached hydrogens (tertiary/aromatic N) is 2. The van der Waals surface area contributed by atoms with Crippen LogP contribution in [0, 0.1) is 5.82 Å². The van der Waals surface area contributed by atoms with E-state index in [1.165, 1.54) is 17.0 Å². The van der Waals surface area contributed by atoms with Crippen LogP contribution < -0.4 is 5.32 Å². The number of benzene rings is 1. The van der Waals surface area contributed by atoms with Crippen LogP contribution in [-0.4, -0.2) is 35.3 Å². The largest absolute Gasteiger partial charge is 0.344 e. The molecule has 0 aliphatic carbocycles. The molecule has 0 bridgehead atoms. The lowest BCUT2D eigenvalue weighted by molar-refractivity contribution is -0.145. The van der Waals surface area contributed by atoms with E-state index in [0.29, 0.717) is 13.0 Å². The van der Waals surface area contributed by atoms with Gasteiger partial charge in [0.2, 0.25) is 0 Å². The van der Waals surface area contributed by atoms with Crippen molar-refractivity contribution in [2.24, 2.45) is 0 Å². The van der Waals surface area contributed by atoms with Crippen molar-refractivity contribution in [3.05, 3.63) is 65.7 Å². The standard InChI is InChI=1S/C17H18FN3O2/c1-21(11-8-13-6-9-19-10-7-13)17(23)16(22)20-12-14-2-4-15(18)5-3-14/h2-7,9-10H,8,11-12H2,1H3,(H,20,22). The van der Waals surface area contributed by atoms with Gasteiger partial charge in [-0.25, -0.2) is 4.39 Å². The van der Waals surface area contributed by atoms with E-state index in [1.54, 1.807) is 31.6 Å². The first-order valence-electron chi connectivity index (χ1n) is 7.23. The molecule has 6 heteroatoms. The first-order valence-corrected chi connectivity index (χ1v) is 7.23. The van der Waals surface area contributed by atoms with E-state index in [9.17, 15) is 14.0 Å². The second-order valence-corrected chi connectivity index (χ2v) is 5.14. The first kappa shape index (κ1) is 16.6. The number of halogens is 1. The number of carbonyl (C=O) groups excluding carboxylic acids is 2. The Hall–Kier alpha value is -2.76. The number of hydrogen-bond donors (Lipinski definition) is 1. The van der Waals surface area contributed by atoms with E-state index < -0.39 is 11.8 Å². The van der Waals surface area contributed by atoms with E-state index in [-0.39, 0.29) is 12.4 Å². The molecule has 0 aliphatic heterocycles. The van der Waals surface area contributed by atoms with Crippen LogP contribution >= 0.6 is 0 Å². The molecular formula is C17H18FN3O2.